The minimum atomic E-state index is -0.426. The van der Waals surface area contributed by atoms with E-state index in [0.717, 1.165) is 10.0 Å². The first-order valence-electron chi connectivity index (χ1n) is 7.41. The lowest BCUT2D eigenvalue weighted by molar-refractivity contribution is 0.101. The molecule has 0 aliphatic rings. The van der Waals surface area contributed by atoms with Crippen molar-refractivity contribution < 1.29 is 4.79 Å². The molecule has 0 unspecified atom stereocenters. The lowest BCUT2D eigenvalue weighted by atomic mass is 10.3. The van der Waals surface area contributed by atoms with Crippen molar-refractivity contribution >= 4 is 33.3 Å². The molecule has 0 aliphatic carbocycles. The van der Waals surface area contributed by atoms with Crippen LogP contribution in [0.4, 0.5) is 5.82 Å². The Morgan fingerprint density at radius 1 is 1.24 bits per heavy atom. The van der Waals surface area contributed by atoms with Crippen LogP contribution in [0.2, 0.25) is 0 Å². The minimum Gasteiger partial charge on any atom is -0.304 e. The van der Waals surface area contributed by atoms with Gasteiger partial charge in [-0.05, 0) is 52.7 Å². The number of carbonyl (C=O) groups excluding carboxylic acids is 1. The maximum absolute atomic E-state index is 12.5. The molecule has 4 aromatic rings. The van der Waals surface area contributed by atoms with Gasteiger partial charge in [-0.25, -0.2) is 14.5 Å². The number of fused-ring (bicyclic) bond motifs is 1. The van der Waals surface area contributed by atoms with Crippen molar-refractivity contribution in [3.8, 4) is 5.82 Å². The molecular weight excluding hydrogens is 386 g/mol. The number of nitrogens with zero attached hydrogens (tertiary/aromatic N) is 6. The topological polar surface area (TPSA) is 90.0 Å². The van der Waals surface area contributed by atoms with Gasteiger partial charge in [0, 0.05) is 18.5 Å². The van der Waals surface area contributed by atoms with E-state index < -0.39 is 5.91 Å². The maximum atomic E-state index is 12.5. The summed E-state index contributed by atoms with van der Waals surface area (Å²) in [5, 5.41) is 11.2. The van der Waals surface area contributed by atoms with Crippen LogP contribution in [-0.4, -0.2) is 35.3 Å². The predicted octanol–water partition coefficient (Wildman–Crippen LogP) is 2.63. The Kier molecular flexibility index (Phi) is 3.77. The number of aromatic nitrogens is 6. The quantitative estimate of drug-likeness (QED) is 0.573. The molecular formula is C16H12BrN7O. The SMILES string of the molecule is Cc1ccnc(-n2nccc2NC(=O)c2nc3c(Br)cccn3n2)c1. The molecule has 4 heterocycles. The average molecular weight is 398 g/mol. The van der Waals surface area contributed by atoms with Crippen molar-refractivity contribution in [2.45, 2.75) is 6.92 Å². The number of rotatable bonds is 3. The summed E-state index contributed by atoms with van der Waals surface area (Å²) in [6.07, 6.45) is 5.01. The number of nitrogens with one attached hydrogen (secondary N) is 1. The lowest BCUT2D eigenvalue weighted by Gasteiger charge is -2.07. The van der Waals surface area contributed by atoms with Gasteiger partial charge >= 0.3 is 0 Å². The summed E-state index contributed by atoms with van der Waals surface area (Å²) in [6, 6.07) is 9.11. The Labute approximate surface area is 150 Å². The van der Waals surface area contributed by atoms with Crippen LogP contribution < -0.4 is 5.32 Å². The number of pyridine rings is 2. The van der Waals surface area contributed by atoms with Crippen LogP contribution in [0.3, 0.4) is 0 Å². The van der Waals surface area contributed by atoms with Crippen molar-refractivity contribution in [2.75, 3.05) is 5.32 Å². The number of carbonyl (C=O) groups is 1. The summed E-state index contributed by atoms with van der Waals surface area (Å²) >= 11 is 3.39. The van der Waals surface area contributed by atoms with Gasteiger partial charge in [0.15, 0.2) is 11.5 Å². The molecule has 0 bridgehead atoms. The average Bonchev–Trinajstić information content (AvgIpc) is 3.22. The maximum Gasteiger partial charge on any atom is 0.296 e. The second-order valence-corrected chi connectivity index (χ2v) is 6.19. The van der Waals surface area contributed by atoms with Gasteiger partial charge in [0.05, 0.1) is 10.7 Å². The zero-order valence-electron chi connectivity index (χ0n) is 13.1. The van der Waals surface area contributed by atoms with Crippen LogP contribution in [0.25, 0.3) is 11.5 Å². The molecule has 0 atom stereocenters. The number of halogens is 1. The number of hydrogen-bond acceptors (Lipinski definition) is 5. The van der Waals surface area contributed by atoms with E-state index in [1.807, 2.05) is 31.2 Å². The summed E-state index contributed by atoms with van der Waals surface area (Å²) in [5.41, 5.74) is 1.62. The molecule has 0 saturated heterocycles. The predicted molar refractivity (Wildman–Crippen MR) is 94.7 cm³/mol. The molecule has 4 aromatic heterocycles. The van der Waals surface area contributed by atoms with Gasteiger partial charge in [0.2, 0.25) is 5.82 Å². The molecule has 8 nitrogen and oxygen atoms in total. The van der Waals surface area contributed by atoms with Gasteiger partial charge in [-0.1, -0.05) is 0 Å². The van der Waals surface area contributed by atoms with E-state index in [1.54, 1.807) is 33.9 Å². The highest BCUT2D eigenvalue weighted by atomic mass is 79.9. The molecule has 0 radical (unpaired) electrons. The zero-order chi connectivity index (χ0) is 17.4. The van der Waals surface area contributed by atoms with E-state index in [9.17, 15) is 4.79 Å². The Balaban J connectivity index is 1.65. The molecule has 0 spiro atoms. The monoisotopic (exact) mass is 397 g/mol. The van der Waals surface area contributed by atoms with Crippen molar-refractivity contribution in [3.05, 3.63) is 64.8 Å². The van der Waals surface area contributed by atoms with E-state index in [4.69, 9.17) is 0 Å². The lowest BCUT2D eigenvalue weighted by Crippen LogP contribution is -2.17. The van der Waals surface area contributed by atoms with Crippen LogP contribution in [0, 0.1) is 6.92 Å². The van der Waals surface area contributed by atoms with Gasteiger partial charge in [-0.3, -0.25) is 4.79 Å². The van der Waals surface area contributed by atoms with Gasteiger partial charge < -0.3 is 5.32 Å². The first-order valence-corrected chi connectivity index (χ1v) is 8.20. The Bertz CT molecular complexity index is 1080. The van der Waals surface area contributed by atoms with Crippen LogP contribution in [-0.2, 0) is 0 Å². The van der Waals surface area contributed by atoms with E-state index in [1.165, 1.54) is 0 Å². The highest BCUT2D eigenvalue weighted by Gasteiger charge is 2.17. The largest absolute Gasteiger partial charge is 0.304 e. The number of anilines is 1. The fourth-order valence-electron chi connectivity index (χ4n) is 2.36. The summed E-state index contributed by atoms with van der Waals surface area (Å²) < 4.78 is 3.85. The summed E-state index contributed by atoms with van der Waals surface area (Å²) in [7, 11) is 0. The fourth-order valence-corrected chi connectivity index (χ4v) is 2.78. The van der Waals surface area contributed by atoms with Gasteiger partial charge in [-0.15, -0.1) is 5.10 Å². The van der Waals surface area contributed by atoms with Gasteiger partial charge in [-0.2, -0.15) is 9.78 Å². The van der Waals surface area contributed by atoms with Crippen LogP contribution in [0.15, 0.2) is 53.4 Å². The second-order valence-electron chi connectivity index (χ2n) is 5.33. The van der Waals surface area contributed by atoms with E-state index in [2.05, 4.69) is 41.4 Å². The molecule has 4 rings (SSSR count). The van der Waals surface area contributed by atoms with E-state index >= 15 is 0 Å². The minimum absolute atomic E-state index is 0.0665. The van der Waals surface area contributed by atoms with Crippen molar-refractivity contribution in [1.82, 2.24) is 29.4 Å². The third kappa shape index (κ3) is 2.89. The third-order valence-electron chi connectivity index (χ3n) is 3.52. The molecule has 1 amide bonds. The smallest absolute Gasteiger partial charge is 0.296 e. The van der Waals surface area contributed by atoms with Crippen molar-refractivity contribution in [1.29, 1.82) is 0 Å². The molecule has 0 saturated carbocycles. The molecule has 9 heteroatoms. The second kappa shape index (κ2) is 6.10. The fraction of sp³-hybridized carbons (Fsp3) is 0.0625. The van der Waals surface area contributed by atoms with Crippen LogP contribution in [0.5, 0.6) is 0 Å². The standard InChI is InChI=1S/C16H12BrN7O/c1-10-4-6-18-13(9-10)24-12(5-7-19-24)20-16(25)14-21-15-11(17)3-2-8-23(15)22-14/h2-9H,1H3,(H,20,25). The highest BCUT2D eigenvalue weighted by molar-refractivity contribution is 9.10. The third-order valence-corrected chi connectivity index (χ3v) is 4.14. The first-order chi connectivity index (χ1) is 12.1. The Morgan fingerprint density at radius 3 is 2.92 bits per heavy atom. The molecule has 0 fully saturated rings. The molecule has 0 aliphatic heterocycles. The Morgan fingerprint density at radius 2 is 2.12 bits per heavy atom. The van der Waals surface area contributed by atoms with Crippen LogP contribution >= 0.6 is 15.9 Å². The molecule has 1 N–H and O–H groups in total. The van der Waals surface area contributed by atoms with E-state index in [-0.39, 0.29) is 5.82 Å². The number of amides is 1. The van der Waals surface area contributed by atoms with Gasteiger partial charge in [0.1, 0.15) is 5.82 Å². The molecule has 25 heavy (non-hydrogen) atoms. The van der Waals surface area contributed by atoms with E-state index in [0.29, 0.717) is 17.3 Å². The normalized spacial score (nSPS) is 11.0. The number of aryl methyl sites for hydroxylation is 1. The first kappa shape index (κ1) is 15.5. The zero-order valence-corrected chi connectivity index (χ0v) is 14.7. The summed E-state index contributed by atoms with van der Waals surface area (Å²) in [5.74, 6) is 0.744. The van der Waals surface area contributed by atoms with Crippen molar-refractivity contribution in [3.63, 3.8) is 0 Å². The van der Waals surface area contributed by atoms with Gasteiger partial charge in [0.25, 0.3) is 5.91 Å². The summed E-state index contributed by atoms with van der Waals surface area (Å²) in [4.78, 5) is 21.1. The summed E-state index contributed by atoms with van der Waals surface area (Å²) in [6.45, 7) is 1.96. The molecule has 0 aromatic carbocycles. The number of hydrogen-bond donors (Lipinski definition) is 1. The molecule has 124 valence electrons. The van der Waals surface area contributed by atoms with Crippen LogP contribution in [0.1, 0.15) is 16.2 Å². The Hall–Kier alpha value is -3.07. The highest BCUT2D eigenvalue weighted by Crippen LogP contribution is 2.17. The van der Waals surface area contributed by atoms with Crippen molar-refractivity contribution in [2.24, 2.45) is 0 Å².